The van der Waals surface area contributed by atoms with Crippen LogP contribution >= 0.6 is 31.9 Å². The molecule has 4 heteroatoms. The molecule has 0 heterocycles. The first-order chi connectivity index (χ1) is 9.11. The largest absolute Gasteiger partial charge is 0.368 e. The van der Waals surface area contributed by atoms with Gasteiger partial charge in [-0.2, -0.15) is 0 Å². The molecule has 2 rings (SSSR count). The number of anilines is 1. The minimum atomic E-state index is -0.184. The maximum Gasteiger partial charge on any atom is 0.146 e. The van der Waals surface area contributed by atoms with Crippen LogP contribution in [0.1, 0.15) is 11.1 Å². The SMILES string of the molecule is CN(Cc1ccc(Br)cc1)c1c(F)cccc1CBr. The molecule has 0 saturated carbocycles. The van der Waals surface area contributed by atoms with Gasteiger partial charge in [0, 0.05) is 23.4 Å². The third-order valence-corrected chi connectivity index (χ3v) is 4.06. The number of benzene rings is 2. The molecule has 0 N–H and O–H groups in total. The fourth-order valence-corrected chi connectivity index (χ4v) is 2.75. The average Bonchev–Trinajstić information content (AvgIpc) is 2.40. The molecular weight excluding hydrogens is 373 g/mol. The first-order valence-electron chi connectivity index (χ1n) is 5.90. The van der Waals surface area contributed by atoms with Gasteiger partial charge in [-0.05, 0) is 29.3 Å². The maximum atomic E-state index is 14.0. The summed E-state index contributed by atoms with van der Waals surface area (Å²) in [4.78, 5) is 1.94. The van der Waals surface area contributed by atoms with Gasteiger partial charge in [0.15, 0.2) is 0 Å². The summed E-state index contributed by atoms with van der Waals surface area (Å²) >= 11 is 6.82. The van der Waals surface area contributed by atoms with Crippen molar-refractivity contribution in [2.24, 2.45) is 0 Å². The molecule has 0 bridgehead atoms. The van der Waals surface area contributed by atoms with E-state index in [1.54, 1.807) is 6.07 Å². The molecule has 0 unspecified atom stereocenters. The molecular formula is C15H14Br2FN. The third-order valence-electron chi connectivity index (χ3n) is 2.93. The van der Waals surface area contributed by atoms with Crippen LogP contribution < -0.4 is 4.90 Å². The summed E-state index contributed by atoms with van der Waals surface area (Å²) in [6.45, 7) is 0.675. The van der Waals surface area contributed by atoms with Crippen LogP contribution in [0, 0.1) is 5.82 Å². The molecule has 2 aromatic carbocycles. The van der Waals surface area contributed by atoms with Gasteiger partial charge in [0.2, 0.25) is 0 Å². The van der Waals surface area contributed by atoms with Gasteiger partial charge in [-0.25, -0.2) is 4.39 Å². The zero-order chi connectivity index (χ0) is 13.8. The second-order valence-corrected chi connectivity index (χ2v) is 5.84. The Hall–Kier alpha value is -0.870. The summed E-state index contributed by atoms with van der Waals surface area (Å²) < 4.78 is 15.0. The van der Waals surface area contributed by atoms with E-state index in [1.165, 1.54) is 6.07 Å². The van der Waals surface area contributed by atoms with Crippen molar-refractivity contribution < 1.29 is 4.39 Å². The van der Waals surface area contributed by atoms with Crippen molar-refractivity contribution in [2.75, 3.05) is 11.9 Å². The smallest absolute Gasteiger partial charge is 0.146 e. The minimum Gasteiger partial charge on any atom is -0.368 e. The van der Waals surface area contributed by atoms with Crippen molar-refractivity contribution in [3.05, 3.63) is 63.9 Å². The summed E-state index contributed by atoms with van der Waals surface area (Å²) in [6, 6.07) is 13.2. The highest BCUT2D eigenvalue weighted by Crippen LogP contribution is 2.26. The Kier molecular flexibility index (Phi) is 4.99. The Balaban J connectivity index is 2.24. The zero-order valence-corrected chi connectivity index (χ0v) is 13.7. The number of nitrogens with zero attached hydrogens (tertiary/aromatic N) is 1. The molecule has 0 atom stereocenters. The number of halogens is 3. The normalized spacial score (nSPS) is 10.5. The highest BCUT2D eigenvalue weighted by Gasteiger charge is 2.12. The van der Waals surface area contributed by atoms with Crippen LogP contribution in [0.15, 0.2) is 46.9 Å². The zero-order valence-electron chi connectivity index (χ0n) is 10.5. The molecule has 0 amide bonds. The van der Waals surface area contributed by atoms with Crippen molar-refractivity contribution in [3.63, 3.8) is 0 Å². The second kappa shape index (κ2) is 6.53. The van der Waals surface area contributed by atoms with Crippen LogP contribution in [0.4, 0.5) is 10.1 Å². The highest BCUT2D eigenvalue weighted by molar-refractivity contribution is 9.10. The molecule has 0 radical (unpaired) electrons. The Labute approximate surface area is 129 Å². The van der Waals surface area contributed by atoms with E-state index in [2.05, 4.69) is 31.9 Å². The Morgan fingerprint density at radius 1 is 1.11 bits per heavy atom. The summed E-state index contributed by atoms with van der Waals surface area (Å²) in [5.41, 5.74) is 2.76. The van der Waals surface area contributed by atoms with E-state index in [-0.39, 0.29) is 5.82 Å². The van der Waals surface area contributed by atoms with Gasteiger partial charge in [-0.3, -0.25) is 0 Å². The van der Waals surface area contributed by atoms with Gasteiger partial charge in [-0.1, -0.05) is 56.1 Å². The molecule has 0 spiro atoms. The van der Waals surface area contributed by atoms with E-state index in [0.29, 0.717) is 17.6 Å². The fraction of sp³-hybridized carbons (Fsp3) is 0.200. The van der Waals surface area contributed by atoms with E-state index in [4.69, 9.17) is 0 Å². The van der Waals surface area contributed by atoms with Crippen molar-refractivity contribution in [2.45, 2.75) is 11.9 Å². The van der Waals surface area contributed by atoms with Gasteiger partial charge < -0.3 is 4.90 Å². The van der Waals surface area contributed by atoms with Crippen molar-refractivity contribution in [1.82, 2.24) is 0 Å². The van der Waals surface area contributed by atoms with E-state index in [0.717, 1.165) is 15.6 Å². The van der Waals surface area contributed by atoms with Gasteiger partial charge >= 0.3 is 0 Å². The van der Waals surface area contributed by atoms with Crippen molar-refractivity contribution in [1.29, 1.82) is 0 Å². The number of rotatable bonds is 4. The fourth-order valence-electron chi connectivity index (χ4n) is 2.04. The first-order valence-corrected chi connectivity index (χ1v) is 7.82. The Morgan fingerprint density at radius 3 is 2.42 bits per heavy atom. The van der Waals surface area contributed by atoms with E-state index in [1.807, 2.05) is 42.3 Å². The lowest BCUT2D eigenvalue weighted by Gasteiger charge is -2.22. The van der Waals surface area contributed by atoms with Crippen molar-refractivity contribution in [3.8, 4) is 0 Å². The predicted molar refractivity (Wildman–Crippen MR) is 85.3 cm³/mol. The lowest BCUT2D eigenvalue weighted by molar-refractivity contribution is 0.620. The first kappa shape index (κ1) is 14.5. The molecule has 0 aliphatic heterocycles. The number of hydrogen-bond acceptors (Lipinski definition) is 1. The minimum absolute atomic E-state index is 0.184. The lowest BCUT2D eigenvalue weighted by atomic mass is 10.1. The summed E-state index contributed by atoms with van der Waals surface area (Å²) in [7, 11) is 1.91. The highest BCUT2D eigenvalue weighted by atomic mass is 79.9. The molecule has 1 nitrogen and oxygen atoms in total. The molecule has 0 aromatic heterocycles. The van der Waals surface area contributed by atoms with Gasteiger partial charge in [-0.15, -0.1) is 0 Å². The lowest BCUT2D eigenvalue weighted by Crippen LogP contribution is -2.19. The molecule has 2 aromatic rings. The molecule has 19 heavy (non-hydrogen) atoms. The second-order valence-electron chi connectivity index (χ2n) is 4.36. The standard InChI is InChI=1S/C15H14Br2FN/c1-19(10-11-5-7-13(17)8-6-11)15-12(9-16)3-2-4-14(15)18/h2-8H,9-10H2,1H3. The van der Waals surface area contributed by atoms with Crippen LogP contribution in [-0.2, 0) is 11.9 Å². The summed E-state index contributed by atoms with van der Waals surface area (Å²) in [5, 5.41) is 0.644. The quantitative estimate of drug-likeness (QED) is 0.659. The summed E-state index contributed by atoms with van der Waals surface area (Å²) in [5.74, 6) is -0.184. The van der Waals surface area contributed by atoms with E-state index < -0.39 is 0 Å². The summed E-state index contributed by atoms with van der Waals surface area (Å²) in [6.07, 6.45) is 0. The van der Waals surface area contributed by atoms with Crippen LogP contribution in [0.5, 0.6) is 0 Å². The van der Waals surface area contributed by atoms with Crippen LogP contribution in [0.2, 0.25) is 0 Å². The van der Waals surface area contributed by atoms with Gasteiger partial charge in [0.25, 0.3) is 0 Å². The number of hydrogen-bond donors (Lipinski definition) is 0. The molecule has 0 aliphatic carbocycles. The predicted octanol–water partition coefficient (Wildman–Crippen LogP) is 5.12. The van der Waals surface area contributed by atoms with Crippen LogP contribution in [0.3, 0.4) is 0 Å². The van der Waals surface area contributed by atoms with E-state index in [9.17, 15) is 4.39 Å². The maximum absolute atomic E-state index is 14.0. The topological polar surface area (TPSA) is 3.24 Å². The third kappa shape index (κ3) is 3.57. The monoisotopic (exact) mass is 385 g/mol. The molecule has 100 valence electrons. The van der Waals surface area contributed by atoms with Crippen molar-refractivity contribution >= 4 is 37.5 Å². The Morgan fingerprint density at radius 2 is 1.79 bits per heavy atom. The van der Waals surface area contributed by atoms with Crippen LogP contribution in [-0.4, -0.2) is 7.05 Å². The number of alkyl halides is 1. The molecule has 0 saturated heterocycles. The molecule has 0 aliphatic rings. The number of para-hydroxylation sites is 1. The van der Waals surface area contributed by atoms with Gasteiger partial charge in [0.05, 0.1) is 5.69 Å². The van der Waals surface area contributed by atoms with Crippen LogP contribution in [0.25, 0.3) is 0 Å². The average molecular weight is 387 g/mol. The molecule has 0 fully saturated rings. The van der Waals surface area contributed by atoms with E-state index >= 15 is 0 Å². The Bertz CT molecular complexity index is 555. The van der Waals surface area contributed by atoms with Gasteiger partial charge in [0.1, 0.15) is 5.82 Å².